The first-order valence-electron chi connectivity index (χ1n) is 9.30. The zero-order chi connectivity index (χ0) is 17.5. The summed E-state index contributed by atoms with van der Waals surface area (Å²) in [7, 11) is -3.21. The Balaban J connectivity index is 2.39. The highest BCUT2D eigenvalue weighted by molar-refractivity contribution is 7.55. The van der Waals surface area contributed by atoms with Crippen molar-refractivity contribution in [3.8, 4) is 0 Å². The molecule has 1 aromatic rings. The third-order valence-electron chi connectivity index (χ3n) is 4.82. The Labute approximate surface area is 147 Å². The summed E-state index contributed by atoms with van der Waals surface area (Å²) in [5.74, 6) is 0. The second kappa shape index (κ2) is 9.15. The molecule has 24 heavy (non-hydrogen) atoms. The molecule has 2 rings (SSSR count). The van der Waals surface area contributed by atoms with Crippen LogP contribution in [0, 0.1) is 0 Å². The quantitative estimate of drug-likeness (QED) is 0.555. The lowest BCUT2D eigenvalue weighted by Gasteiger charge is -2.49. The number of hydrogen-bond donors (Lipinski definition) is 0. The first-order chi connectivity index (χ1) is 11.6. The molecule has 1 unspecified atom stereocenters. The van der Waals surface area contributed by atoms with Gasteiger partial charge in [-0.3, -0.25) is 9.46 Å². The molecule has 1 saturated heterocycles. The molecule has 0 N–H and O–H groups in total. The average Bonchev–Trinajstić information content (AvgIpc) is 2.58. The van der Waals surface area contributed by atoms with Gasteiger partial charge < -0.3 is 9.05 Å². The number of benzene rings is 1. The lowest BCUT2D eigenvalue weighted by Crippen LogP contribution is -2.51. The van der Waals surface area contributed by atoms with Gasteiger partial charge in [0.2, 0.25) is 0 Å². The average molecular weight is 353 g/mol. The van der Waals surface area contributed by atoms with Gasteiger partial charge in [0.05, 0.1) is 13.2 Å². The topological polar surface area (TPSA) is 38.8 Å². The standard InChI is InChI=1S/C19H32NO3P/c1-4-14-19(24(21,22-5-2)23-6-3)15-10-11-16-20(19)17-18-12-8-7-9-13-18/h7-9,12-13H,4-6,10-11,14-17H2,1-3H3. The Morgan fingerprint density at radius 2 is 1.75 bits per heavy atom. The van der Waals surface area contributed by atoms with Gasteiger partial charge >= 0.3 is 7.60 Å². The van der Waals surface area contributed by atoms with Crippen molar-refractivity contribution in [1.29, 1.82) is 0 Å². The van der Waals surface area contributed by atoms with Crippen LogP contribution in [0.15, 0.2) is 30.3 Å². The van der Waals surface area contributed by atoms with Crippen LogP contribution in [0.3, 0.4) is 0 Å². The molecule has 1 heterocycles. The van der Waals surface area contributed by atoms with Gasteiger partial charge in [0, 0.05) is 6.54 Å². The van der Waals surface area contributed by atoms with E-state index >= 15 is 0 Å². The molecule has 1 aliphatic rings. The van der Waals surface area contributed by atoms with Crippen molar-refractivity contribution in [2.45, 2.75) is 64.7 Å². The molecule has 0 saturated carbocycles. The Morgan fingerprint density at radius 1 is 1.08 bits per heavy atom. The van der Waals surface area contributed by atoms with E-state index in [1.54, 1.807) is 0 Å². The molecule has 1 fully saturated rings. The van der Waals surface area contributed by atoms with E-state index in [0.29, 0.717) is 13.2 Å². The molecule has 1 aliphatic heterocycles. The summed E-state index contributed by atoms with van der Waals surface area (Å²) in [5.41, 5.74) is 1.25. The lowest BCUT2D eigenvalue weighted by molar-refractivity contribution is 0.0549. The van der Waals surface area contributed by atoms with Gasteiger partial charge in [-0.2, -0.15) is 0 Å². The van der Waals surface area contributed by atoms with Crippen LogP contribution in [0.25, 0.3) is 0 Å². The third kappa shape index (κ3) is 4.11. The van der Waals surface area contributed by atoms with Crippen molar-refractivity contribution >= 4 is 7.60 Å². The first-order valence-corrected chi connectivity index (χ1v) is 10.8. The molecule has 0 radical (unpaired) electrons. The zero-order valence-electron chi connectivity index (χ0n) is 15.4. The van der Waals surface area contributed by atoms with Crippen molar-refractivity contribution in [2.75, 3.05) is 19.8 Å². The van der Waals surface area contributed by atoms with Gasteiger partial charge in [-0.05, 0) is 51.6 Å². The monoisotopic (exact) mass is 353 g/mol. The Morgan fingerprint density at radius 3 is 2.33 bits per heavy atom. The van der Waals surface area contributed by atoms with Crippen LogP contribution >= 0.6 is 7.60 Å². The van der Waals surface area contributed by atoms with Crippen LogP contribution in [0.4, 0.5) is 0 Å². The van der Waals surface area contributed by atoms with E-state index in [0.717, 1.165) is 45.2 Å². The highest BCUT2D eigenvalue weighted by Gasteiger charge is 2.54. The van der Waals surface area contributed by atoms with Crippen molar-refractivity contribution in [2.24, 2.45) is 0 Å². The second-order valence-corrected chi connectivity index (χ2v) is 8.77. The maximum absolute atomic E-state index is 13.8. The zero-order valence-corrected chi connectivity index (χ0v) is 16.3. The Kier molecular flexibility index (Phi) is 7.49. The van der Waals surface area contributed by atoms with E-state index in [-0.39, 0.29) is 0 Å². The number of nitrogens with zero attached hydrogens (tertiary/aromatic N) is 1. The minimum Gasteiger partial charge on any atom is -0.308 e. The first kappa shape index (κ1) is 19.7. The van der Waals surface area contributed by atoms with E-state index in [2.05, 4.69) is 36.1 Å². The molecular formula is C19H32NO3P. The predicted molar refractivity (Wildman–Crippen MR) is 99.2 cm³/mol. The predicted octanol–water partition coefficient (Wildman–Crippen LogP) is 5.44. The van der Waals surface area contributed by atoms with Gasteiger partial charge in [0.25, 0.3) is 0 Å². The van der Waals surface area contributed by atoms with E-state index < -0.39 is 12.9 Å². The number of piperidine rings is 1. The summed E-state index contributed by atoms with van der Waals surface area (Å²) < 4.78 is 25.4. The summed E-state index contributed by atoms with van der Waals surface area (Å²) in [6, 6.07) is 10.4. The molecule has 0 bridgehead atoms. The van der Waals surface area contributed by atoms with Crippen LogP contribution in [0.1, 0.15) is 58.4 Å². The Bertz CT molecular complexity index is 523. The molecule has 5 heteroatoms. The van der Waals surface area contributed by atoms with E-state index in [1.165, 1.54) is 5.56 Å². The normalized spacial score (nSPS) is 22.6. The fraction of sp³-hybridized carbons (Fsp3) is 0.684. The molecule has 0 aromatic heterocycles. The van der Waals surface area contributed by atoms with Crippen LogP contribution in [0.2, 0.25) is 0 Å². The highest BCUT2D eigenvalue weighted by atomic mass is 31.2. The maximum atomic E-state index is 13.8. The molecule has 0 spiro atoms. The summed E-state index contributed by atoms with van der Waals surface area (Å²) in [6.45, 7) is 8.53. The molecule has 4 nitrogen and oxygen atoms in total. The number of likely N-dealkylation sites (tertiary alicyclic amines) is 1. The van der Waals surface area contributed by atoms with Crippen molar-refractivity contribution in [3.05, 3.63) is 35.9 Å². The summed E-state index contributed by atoms with van der Waals surface area (Å²) in [6.07, 6.45) is 4.91. The van der Waals surface area contributed by atoms with Crippen LogP contribution < -0.4 is 0 Å². The van der Waals surface area contributed by atoms with E-state index in [9.17, 15) is 4.57 Å². The van der Waals surface area contributed by atoms with Crippen molar-refractivity contribution < 1.29 is 13.6 Å². The van der Waals surface area contributed by atoms with E-state index in [1.807, 2.05) is 19.9 Å². The van der Waals surface area contributed by atoms with Gasteiger partial charge in [0.1, 0.15) is 5.28 Å². The largest absolute Gasteiger partial charge is 0.350 e. The van der Waals surface area contributed by atoms with Crippen LogP contribution in [-0.2, 0) is 20.2 Å². The number of hydrogen-bond acceptors (Lipinski definition) is 4. The maximum Gasteiger partial charge on any atom is 0.350 e. The summed E-state index contributed by atoms with van der Waals surface area (Å²) in [5, 5.41) is -0.498. The van der Waals surface area contributed by atoms with Crippen LogP contribution in [-0.4, -0.2) is 29.9 Å². The molecular weight excluding hydrogens is 321 g/mol. The molecule has 1 aromatic carbocycles. The fourth-order valence-corrected chi connectivity index (χ4v) is 6.54. The molecule has 0 aliphatic carbocycles. The molecule has 1 atom stereocenters. The minimum absolute atomic E-state index is 0.419. The van der Waals surface area contributed by atoms with Gasteiger partial charge in [-0.25, -0.2) is 0 Å². The Hall–Kier alpha value is -0.670. The van der Waals surface area contributed by atoms with Crippen LogP contribution in [0.5, 0.6) is 0 Å². The molecule has 0 amide bonds. The van der Waals surface area contributed by atoms with Crippen molar-refractivity contribution in [1.82, 2.24) is 4.90 Å². The van der Waals surface area contributed by atoms with Gasteiger partial charge in [-0.1, -0.05) is 43.7 Å². The third-order valence-corrected chi connectivity index (χ3v) is 7.76. The minimum atomic E-state index is -3.21. The van der Waals surface area contributed by atoms with Gasteiger partial charge in [0.15, 0.2) is 0 Å². The SMILES string of the molecule is CCCC1(P(=O)(OCC)OCC)CCCCN1Cc1ccccc1. The summed E-state index contributed by atoms with van der Waals surface area (Å²) in [4.78, 5) is 2.38. The second-order valence-electron chi connectivity index (χ2n) is 6.43. The molecule has 136 valence electrons. The fourth-order valence-electron chi connectivity index (χ4n) is 3.86. The smallest absolute Gasteiger partial charge is 0.308 e. The summed E-state index contributed by atoms with van der Waals surface area (Å²) >= 11 is 0. The van der Waals surface area contributed by atoms with Crippen molar-refractivity contribution in [3.63, 3.8) is 0 Å². The highest BCUT2D eigenvalue weighted by Crippen LogP contribution is 2.66. The number of rotatable bonds is 9. The van der Waals surface area contributed by atoms with Gasteiger partial charge in [-0.15, -0.1) is 0 Å². The van der Waals surface area contributed by atoms with E-state index in [4.69, 9.17) is 9.05 Å². The lowest BCUT2D eigenvalue weighted by atomic mass is 9.96.